The maximum atomic E-state index is 12.5. The van der Waals surface area contributed by atoms with Gasteiger partial charge in [0.15, 0.2) is 5.78 Å². The minimum atomic E-state index is -0.265. The lowest BCUT2D eigenvalue weighted by Crippen LogP contribution is -2.05. The molecule has 2 aromatic rings. The van der Waals surface area contributed by atoms with Crippen LogP contribution in [0, 0.1) is 0 Å². The van der Waals surface area contributed by atoms with Gasteiger partial charge in [0.2, 0.25) is 0 Å². The zero-order valence-corrected chi connectivity index (χ0v) is 13.5. The number of ketones is 1. The highest BCUT2D eigenvalue weighted by molar-refractivity contribution is 9.10. The number of halogens is 3. The van der Waals surface area contributed by atoms with Gasteiger partial charge in [-0.15, -0.1) is 0 Å². The average molecular weight is 375 g/mol. The Hall–Kier alpha value is -1.23. The zero-order valence-electron chi connectivity index (χ0n) is 10.4. The summed E-state index contributed by atoms with van der Waals surface area (Å²) in [6, 6.07) is 7.99. The van der Waals surface area contributed by atoms with Gasteiger partial charge in [0.1, 0.15) is 5.75 Å². The van der Waals surface area contributed by atoms with E-state index in [9.17, 15) is 4.79 Å². The van der Waals surface area contributed by atoms with Crippen molar-refractivity contribution in [2.75, 3.05) is 12.8 Å². The van der Waals surface area contributed by atoms with Gasteiger partial charge >= 0.3 is 0 Å². The first-order chi connectivity index (χ1) is 9.43. The van der Waals surface area contributed by atoms with Crippen LogP contribution in [0.25, 0.3) is 0 Å². The van der Waals surface area contributed by atoms with E-state index < -0.39 is 0 Å². The van der Waals surface area contributed by atoms with Gasteiger partial charge in [0, 0.05) is 27.4 Å². The summed E-state index contributed by atoms with van der Waals surface area (Å²) in [5, 5.41) is 0.589. The number of anilines is 1. The summed E-state index contributed by atoms with van der Waals surface area (Å²) in [6.45, 7) is 0. The molecule has 104 valence electrons. The van der Waals surface area contributed by atoms with Crippen molar-refractivity contribution in [2.45, 2.75) is 0 Å². The van der Waals surface area contributed by atoms with E-state index in [4.69, 9.17) is 33.7 Å². The predicted octanol–water partition coefficient (Wildman–Crippen LogP) is 4.58. The fourth-order valence-electron chi connectivity index (χ4n) is 1.72. The van der Waals surface area contributed by atoms with E-state index in [1.807, 2.05) is 0 Å². The molecule has 2 rings (SSSR count). The van der Waals surface area contributed by atoms with Gasteiger partial charge in [-0.25, -0.2) is 0 Å². The van der Waals surface area contributed by atoms with Gasteiger partial charge < -0.3 is 10.5 Å². The molecule has 0 aromatic heterocycles. The van der Waals surface area contributed by atoms with Crippen LogP contribution in [-0.2, 0) is 0 Å². The lowest BCUT2D eigenvalue weighted by Gasteiger charge is -2.10. The first-order valence-corrected chi connectivity index (χ1v) is 7.11. The van der Waals surface area contributed by atoms with E-state index >= 15 is 0 Å². The van der Waals surface area contributed by atoms with Crippen molar-refractivity contribution >= 4 is 50.6 Å². The number of carbonyl (C=O) groups is 1. The van der Waals surface area contributed by atoms with E-state index in [1.165, 1.54) is 19.2 Å². The largest absolute Gasteiger partial charge is 0.495 e. The number of nitrogen functional groups attached to an aromatic ring is 1. The van der Waals surface area contributed by atoms with Crippen LogP contribution < -0.4 is 10.5 Å². The molecule has 0 aliphatic rings. The lowest BCUT2D eigenvalue weighted by molar-refractivity contribution is 0.103. The summed E-state index contributed by atoms with van der Waals surface area (Å²) in [5.74, 6) is 0.151. The molecule has 0 radical (unpaired) electrons. The van der Waals surface area contributed by atoms with Crippen LogP contribution in [0.2, 0.25) is 10.0 Å². The molecule has 0 saturated heterocycles. The Labute approximate surface area is 134 Å². The Morgan fingerprint density at radius 2 is 1.85 bits per heavy atom. The molecule has 6 heteroatoms. The third-order valence-corrected chi connectivity index (χ3v) is 4.02. The maximum Gasteiger partial charge on any atom is 0.195 e. The van der Waals surface area contributed by atoms with Crippen molar-refractivity contribution in [2.24, 2.45) is 0 Å². The molecule has 0 fully saturated rings. The molecule has 20 heavy (non-hydrogen) atoms. The quantitative estimate of drug-likeness (QED) is 0.632. The molecule has 0 atom stereocenters. The van der Waals surface area contributed by atoms with E-state index in [0.717, 1.165) is 0 Å². The number of rotatable bonds is 3. The van der Waals surface area contributed by atoms with Crippen LogP contribution >= 0.6 is 39.1 Å². The molecule has 0 saturated carbocycles. The van der Waals surface area contributed by atoms with Crippen LogP contribution in [0.15, 0.2) is 34.8 Å². The molecule has 0 aliphatic carbocycles. The number of nitrogens with two attached hydrogens (primary N) is 1. The Balaban J connectivity index is 2.54. The minimum absolute atomic E-state index is 0.265. The van der Waals surface area contributed by atoms with Crippen LogP contribution in [0.4, 0.5) is 5.69 Å². The van der Waals surface area contributed by atoms with Crippen molar-refractivity contribution in [1.82, 2.24) is 0 Å². The van der Waals surface area contributed by atoms with Crippen molar-refractivity contribution < 1.29 is 9.53 Å². The molecular formula is C14H10BrCl2NO2. The molecule has 0 unspecified atom stereocenters. The molecule has 0 aliphatic heterocycles. The Kier molecular flexibility index (Phi) is 4.58. The molecule has 2 aromatic carbocycles. The second-order valence-electron chi connectivity index (χ2n) is 4.04. The van der Waals surface area contributed by atoms with Crippen LogP contribution in [0.1, 0.15) is 15.9 Å². The highest BCUT2D eigenvalue weighted by atomic mass is 79.9. The summed E-state index contributed by atoms with van der Waals surface area (Å²) >= 11 is 15.5. The minimum Gasteiger partial charge on any atom is -0.495 e. The van der Waals surface area contributed by atoms with Crippen LogP contribution in [0.3, 0.4) is 0 Å². The molecular weight excluding hydrogens is 365 g/mol. The third-order valence-electron chi connectivity index (χ3n) is 2.72. The first kappa shape index (κ1) is 15.2. The number of hydrogen-bond donors (Lipinski definition) is 1. The summed E-state index contributed by atoms with van der Waals surface area (Å²) < 4.78 is 5.69. The number of methoxy groups -OCH3 is 1. The number of benzene rings is 2. The predicted molar refractivity (Wildman–Crippen MR) is 85.0 cm³/mol. The summed E-state index contributed by atoms with van der Waals surface area (Å²) in [6.07, 6.45) is 0. The Morgan fingerprint density at radius 1 is 1.15 bits per heavy atom. The molecule has 0 amide bonds. The van der Waals surface area contributed by atoms with Gasteiger partial charge in [-0.3, -0.25) is 4.79 Å². The van der Waals surface area contributed by atoms with Crippen molar-refractivity contribution in [3.8, 4) is 5.75 Å². The fraction of sp³-hybridized carbons (Fsp3) is 0.0714. The molecule has 2 N–H and O–H groups in total. The highest BCUT2D eigenvalue weighted by Crippen LogP contribution is 2.33. The van der Waals surface area contributed by atoms with Gasteiger partial charge in [-0.2, -0.15) is 0 Å². The van der Waals surface area contributed by atoms with Crippen LogP contribution in [0.5, 0.6) is 5.75 Å². The van der Waals surface area contributed by atoms with Crippen molar-refractivity contribution in [1.29, 1.82) is 0 Å². The lowest BCUT2D eigenvalue weighted by atomic mass is 10.0. The zero-order chi connectivity index (χ0) is 14.9. The second kappa shape index (κ2) is 6.04. The van der Waals surface area contributed by atoms with Gasteiger partial charge in [0.05, 0.1) is 17.2 Å². The third kappa shape index (κ3) is 2.92. The molecule has 3 nitrogen and oxygen atoms in total. The van der Waals surface area contributed by atoms with Gasteiger partial charge in [-0.05, 0) is 24.3 Å². The maximum absolute atomic E-state index is 12.5. The molecule has 0 heterocycles. The van der Waals surface area contributed by atoms with Crippen LogP contribution in [-0.4, -0.2) is 12.9 Å². The highest BCUT2D eigenvalue weighted by Gasteiger charge is 2.18. The van der Waals surface area contributed by atoms with Gasteiger partial charge in [0.25, 0.3) is 0 Å². The second-order valence-corrected chi connectivity index (χ2v) is 5.70. The Morgan fingerprint density at radius 3 is 2.50 bits per heavy atom. The summed E-state index contributed by atoms with van der Waals surface area (Å²) in [7, 11) is 1.48. The number of ether oxygens (including phenoxy) is 1. The van der Waals surface area contributed by atoms with E-state index in [0.29, 0.717) is 32.1 Å². The standard InChI is InChI=1S/C14H10BrCl2NO2/c1-20-13-6-11(16)9(5-12(13)17)14(19)8-4-7(18)2-3-10(8)15/h2-6H,18H2,1H3. The number of hydrogen-bond acceptors (Lipinski definition) is 3. The topological polar surface area (TPSA) is 52.3 Å². The smallest absolute Gasteiger partial charge is 0.195 e. The monoisotopic (exact) mass is 373 g/mol. The van der Waals surface area contributed by atoms with Gasteiger partial charge in [-0.1, -0.05) is 39.1 Å². The van der Waals surface area contributed by atoms with Crippen molar-refractivity contribution in [3.63, 3.8) is 0 Å². The average Bonchev–Trinajstić information content (AvgIpc) is 2.42. The fourth-order valence-corrected chi connectivity index (χ4v) is 2.63. The van der Waals surface area contributed by atoms with E-state index in [1.54, 1.807) is 18.2 Å². The van der Waals surface area contributed by atoms with Crippen molar-refractivity contribution in [3.05, 3.63) is 56.0 Å². The first-order valence-electron chi connectivity index (χ1n) is 5.56. The number of carbonyl (C=O) groups excluding carboxylic acids is 1. The SMILES string of the molecule is COc1cc(Cl)c(C(=O)c2cc(N)ccc2Br)cc1Cl. The van der Waals surface area contributed by atoms with E-state index in [-0.39, 0.29) is 10.8 Å². The summed E-state index contributed by atoms with van der Waals surface area (Å²) in [4.78, 5) is 12.5. The molecule has 0 spiro atoms. The summed E-state index contributed by atoms with van der Waals surface area (Å²) in [5.41, 5.74) is 6.92. The normalized spacial score (nSPS) is 10.4. The van der Waals surface area contributed by atoms with E-state index in [2.05, 4.69) is 15.9 Å². The molecule has 0 bridgehead atoms. The Bertz CT molecular complexity index is 689.